The van der Waals surface area contributed by atoms with Crippen LogP contribution in [0.2, 0.25) is 0 Å². The molecular weight excluding hydrogens is 336 g/mol. The zero-order valence-corrected chi connectivity index (χ0v) is 15.6. The lowest BCUT2D eigenvalue weighted by Gasteiger charge is -2.24. The maximum Gasteiger partial charge on any atom is 0.408 e. The molecule has 1 aliphatic rings. The Kier molecular flexibility index (Phi) is 5.64. The number of amides is 3. The van der Waals surface area contributed by atoms with E-state index in [1.807, 2.05) is 12.1 Å². The Hall–Kier alpha value is -2.90. The van der Waals surface area contributed by atoms with Crippen LogP contribution in [0, 0.1) is 0 Å². The largest absolute Gasteiger partial charge is 0.444 e. The van der Waals surface area contributed by atoms with Crippen LogP contribution in [0.25, 0.3) is 0 Å². The number of benzene rings is 1. The quantitative estimate of drug-likeness (QED) is 0.854. The molecule has 1 heterocycles. The predicted molar refractivity (Wildman–Crippen MR) is 96.5 cm³/mol. The second kappa shape index (κ2) is 7.55. The van der Waals surface area contributed by atoms with Gasteiger partial charge < -0.3 is 15.4 Å². The second-order valence-corrected chi connectivity index (χ2v) is 7.04. The van der Waals surface area contributed by atoms with E-state index in [9.17, 15) is 14.4 Å². The molecule has 0 aromatic heterocycles. The van der Waals surface area contributed by atoms with Gasteiger partial charge in [0.1, 0.15) is 17.7 Å². The van der Waals surface area contributed by atoms with Gasteiger partial charge >= 0.3 is 6.09 Å². The fraction of sp³-hybridized carbons (Fsp3) is 0.444. The van der Waals surface area contributed by atoms with Crippen molar-refractivity contribution in [1.82, 2.24) is 15.6 Å². The standard InChI is InChI=1S/C18H24N4O4/c1-11(20-17(25)26-18(2,3)4)15(23)21-14-13-9-7-6-8-12(13)10-19-22(5)16(14)24/h6-11,14H,1-5H3,(H,20,25)(H,21,23)/t11-,14+/m0/s1. The molecule has 0 bridgehead atoms. The lowest BCUT2D eigenvalue weighted by atomic mass is 10.00. The molecule has 8 nitrogen and oxygen atoms in total. The lowest BCUT2D eigenvalue weighted by molar-refractivity contribution is -0.135. The summed E-state index contributed by atoms with van der Waals surface area (Å²) in [5.74, 6) is -0.872. The van der Waals surface area contributed by atoms with Crippen LogP contribution in [0.3, 0.4) is 0 Å². The Morgan fingerprint density at radius 3 is 2.58 bits per heavy atom. The molecule has 26 heavy (non-hydrogen) atoms. The monoisotopic (exact) mass is 360 g/mol. The average Bonchev–Trinajstić information content (AvgIpc) is 2.65. The molecule has 0 radical (unpaired) electrons. The van der Waals surface area contributed by atoms with Crippen LogP contribution >= 0.6 is 0 Å². The number of carbonyl (C=O) groups excluding carboxylic acids is 3. The Morgan fingerprint density at radius 1 is 1.27 bits per heavy atom. The molecule has 140 valence electrons. The molecule has 0 fully saturated rings. The first kappa shape index (κ1) is 19.4. The van der Waals surface area contributed by atoms with Gasteiger partial charge in [-0.1, -0.05) is 24.3 Å². The van der Waals surface area contributed by atoms with Gasteiger partial charge in [0.15, 0.2) is 0 Å². The average molecular weight is 360 g/mol. The highest BCUT2D eigenvalue weighted by Crippen LogP contribution is 2.22. The number of fused-ring (bicyclic) bond motifs is 1. The molecule has 0 unspecified atom stereocenters. The molecular formula is C18H24N4O4. The minimum Gasteiger partial charge on any atom is -0.444 e. The highest BCUT2D eigenvalue weighted by atomic mass is 16.6. The van der Waals surface area contributed by atoms with Gasteiger partial charge in [-0.05, 0) is 33.3 Å². The van der Waals surface area contributed by atoms with E-state index < -0.39 is 29.7 Å². The van der Waals surface area contributed by atoms with Crippen LogP contribution in [0.4, 0.5) is 4.79 Å². The number of carbonyl (C=O) groups is 3. The van der Waals surface area contributed by atoms with Crippen LogP contribution in [-0.4, -0.2) is 47.8 Å². The van der Waals surface area contributed by atoms with E-state index in [0.29, 0.717) is 5.56 Å². The van der Waals surface area contributed by atoms with E-state index in [2.05, 4.69) is 15.7 Å². The fourth-order valence-corrected chi connectivity index (χ4v) is 2.37. The van der Waals surface area contributed by atoms with E-state index in [1.165, 1.54) is 19.0 Å². The summed E-state index contributed by atoms with van der Waals surface area (Å²) in [6.07, 6.45) is 0.870. The van der Waals surface area contributed by atoms with E-state index in [-0.39, 0.29) is 5.91 Å². The molecule has 2 atom stereocenters. The molecule has 1 aromatic carbocycles. The maximum absolute atomic E-state index is 12.6. The summed E-state index contributed by atoms with van der Waals surface area (Å²) in [5, 5.41) is 10.4. The van der Waals surface area contributed by atoms with Crippen LogP contribution in [0.5, 0.6) is 0 Å². The normalized spacial score (nSPS) is 17.8. The zero-order chi connectivity index (χ0) is 19.5. The molecule has 0 saturated heterocycles. The number of nitrogens with one attached hydrogen (secondary N) is 2. The number of rotatable bonds is 3. The summed E-state index contributed by atoms with van der Waals surface area (Å²) in [7, 11) is 1.52. The topological polar surface area (TPSA) is 100 Å². The number of nitrogens with zero attached hydrogens (tertiary/aromatic N) is 2. The molecule has 2 N–H and O–H groups in total. The van der Waals surface area contributed by atoms with Crippen molar-refractivity contribution < 1.29 is 19.1 Å². The number of hydrazone groups is 1. The lowest BCUT2D eigenvalue weighted by Crippen LogP contribution is -2.49. The highest BCUT2D eigenvalue weighted by molar-refractivity contribution is 5.96. The number of likely N-dealkylation sites (N-methyl/N-ethyl adjacent to an activating group) is 1. The van der Waals surface area contributed by atoms with Crippen molar-refractivity contribution in [2.45, 2.75) is 45.4 Å². The second-order valence-electron chi connectivity index (χ2n) is 7.04. The highest BCUT2D eigenvalue weighted by Gasteiger charge is 2.31. The minimum atomic E-state index is -0.894. The van der Waals surface area contributed by atoms with Gasteiger partial charge in [0.25, 0.3) is 5.91 Å². The number of hydrogen-bond acceptors (Lipinski definition) is 5. The van der Waals surface area contributed by atoms with Gasteiger partial charge in [0.2, 0.25) is 5.91 Å². The van der Waals surface area contributed by atoms with Gasteiger partial charge in [0.05, 0.1) is 6.21 Å². The van der Waals surface area contributed by atoms with E-state index in [4.69, 9.17) is 4.74 Å². The summed E-state index contributed by atoms with van der Waals surface area (Å²) in [5.41, 5.74) is 0.711. The fourth-order valence-electron chi connectivity index (χ4n) is 2.37. The van der Waals surface area contributed by atoms with Crippen molar-refractivity contribution in [3.05, 3.63) is 35.4 Å². The summed E-state index contributed by atoms with van der Waals surface area (Å²) in [6.45, 7) is 6.71. The molecule has 1 aromatic rings. The third-order valence-electron chi connectivity index (χ3n) is 3.66. The van der Waals surface area contributed by atoms with Crippen LogP contribution < -0.4 is 10.6 Å². The Balaban J connectivity index is 2.12. The number of ether oxygens (including phenoxy) is 1. The molecule has 3 amide bonds. The minimum absolute atomic E-state index is 0.371. The third-order valence-corrected chi connectivity index (χ3v) is 3.66. The molecule has 1 aliphatic heterocycles. The van der Waals surface area contributed by atoms with Crippen LogP contribution in [0.15, 0.2) is 29.4 Å². The number of alkyl carbamates (subject to hydrolysis) is 1. The van der Waals surface area contributed by atoms with Gasteiger partial charge in [-0.3, -0.25) is 9.59 Å². The summed E-state index contributed by atoms with van der Waals surface area (Å²) < 4.78 is 5.14. The van der Waals surface area contributed by atoms with Crippen molar-refractivity contribution in [1.29, 1.82) is 0 Å². The Bertz CT molecular complexity index is 739. The van der Waals surface area contributed by atoms with Gasteiger partial charge in [-0.2, -0.15) is 5.10 Å². The van der Waals surface area contributed by atoms with Crippen LogP contribution in [-0.2, 0) is 14.3 Å². The van der Waals surface area contributed by atoms with Gasteiger partial charge in [0, 0.05) is 12.6 Å². The molecule has 0 spiro atoms. The maximum atomic E-state index is 12.6. The predicted octanol–water partition coefficient (Wildman–Crippen LogP) is 1.56. The Labute approximate surface area is 152 Å². The SMILES string of the molecule is C[C@H](NC(=O)OC(C)(C)C)C(=O)N[C@H]1C(=O)N(C)N=Cc2ccccc21. The van der Waals surface area contributed by atoms with Gasteiger partial charge in [-0.25, -0.2) is 9.80 Å². The van der Waals surface area contributed by atoms with Crippen LogP contribution in [0.1, 0.15) is 44.9 Å². The molecule has 8 heteroatoms. The summed E-state index contributed by atoms with van der Waals surface area (Å²) in [6, 6.07) is 5.41. The number of hydrogen-bond donors (Lipinski definition) is 2. The summed E-state index contributed by atoms with van der Waals surface area (Å²) in [4.78, 5) is 36.9. The first-order valence-electron chi connectivity index (χ1n) is 8.29. The van der Waals surface area contributed by atoms with Gasteiger partial charge in [-0.15, -0.1) is 0 Å². The molecule has 0 aliphatic carbocycles. The molecule has 2 rings (SSSR count). The Morgan fingerprint density at radius 2 is 1.92 bits per heavy atom. The summed E-state index contributed by atoms with van der Waals surface area (Å²) >= 11 is 0. The van der Waals surface area contributed by atoms with Crippen molar-refractivity contribution in [2.24, 2.45) is 5.10 Å². The van der Waals surface area contributed by atoms with Crippen molar-refractivity contribution in [3.63, 3.8) is 0 Å². The van der Waals surface area contributed by atoms with Crippen molar-refractivity contribution in [3.8, 4) is 0 Å². The van der Waals surface area contributed by atoms with E-state index >= 15 is 0 Å². The first-order valence-corrected chi connectivity index (χ1v) is 8.29. The molecule has 0 saturated carbocycles. The van der Waals surface area contributed by atoms with E-state index in [0.717, 1.165) is 5.56 Å². The van der Waals surface area contributed by atoms with E-state index in [1.54, 1.807) is 39.1 Å². The van der Waals surface area contributed by atoms with Crippen molar-refractivity contribution >= 4 is 24.1 Å². The first-order chi connectivity index (χ1) is 12.1. The zero-order valence-electron chi connectivity index (χ0n) is 15.6. The smallest absolute Gasteiger partial charge is 0.408 e. The third kappa shape index (κ3) is 4.81. The van der Waals surface area contributed by atoms with Crippen molar-refractivity contribution in [2.75, 3.05) is 7.05 Å².